The summed E-state index contributed by atoms with van der Waals surface area (Å²) < 4.78 is 5.16. The van der Waals surface area contributed by atoms with Gasteiger partial charge < -0.3 is 9.84 Å². The molecule has 0 saturated carbocycles. The SMILES string of the molecule is COc1ccc(Cc2cc(C(C)(C)C)ccc2O)cc1. The summed E-state index contributed by atoms with van der Waals surface area (Å²) in [6.45, 7) is 6.53. The first-order valence-electron chi connectivity index (χ1n) is 6.85. The molecule has 106 valence electrons. The van der Waals surface area contributed by atoms with Crippen LogP contribution in [0.3, 0.4) is 0 Å². The van der Waals surface area contributed by atoms with E-state index in [2.05, 4.69) is 26.8 Å². The largest absolute Gasteiger partial charge is 0.508 e. The van der Waals surface area contributed by atoms with Gasteiger partial charge in [0.25, 0.3) is 0 Å². The second-order valence-corrected chi connectivity index (χ2v) is 6.12. The lowest BCUT2D eigenvalue weighted by Gasteiger charge is -2.20. The Morgan fingerprint density at radius 1 is 1.00 bits per heavy atom. The van der Waals surface area contributed by atoms with Crippen molar-refractivity contribution in [1.82, 2.24) is 0 Å². The zero-order valence-corrected chi connectivity index (χ0v) is 12.6. The molecule has 2 aromatic rings. The number of benzene rings is 2. The summed E-state index contributed by atoms with van der Waals surface area (Å²) in [6, 6.07) is 13.8. The first-order valence-corrected chi connectivity index (χ1v) is 6.85. The topological polar surface area (TPSA) is 29.5 Å². The van der Waals surface area contributed by atoms with Crippen LogP contribution in [0.1, 0.15) is 37.5 Å². The Hall–Kier alpha value is -1.96. The molecular weight excluding hydrogens is 248 g/mol. The Morgan fingerprint density at radius 2 is 1.65 bits per heavy atom. The number of rotatable bonds is 3. The van der Waals surface area contributed by atoms with Crippen LogP contribution in [0.5, 0.6) is 11.5 Å². The molecule has 0 fully saturated rings. The third-order valence-corrected chi connectivity index (χ3v) is 3.50. The highest BCUT2D eigenvalue weighted by atomic mass is 16.5. The molecule has 0 bridgehead atoms. The fourth-order valence-electron chi connectivity index (χ4n) is 2.16. The normalized spacial score (nSPS) is 11.4. The first-order chi connectivity index (χ1) is 9.40. The number of phenolic OH excluding ortho intramolecular Hbond substituents is 1. The molecule has 0 amide bonds. The summed E-state index contributed by atoms with van der Waals surface area (Å²) in [5, 5.41) is 10.0. The minimum absolute atomic E-state index is 0.0857. The second kappa shape index (κ2) is 5.58. The van der Waals surface area contributed by atoms with Gasteiger partial charge in [-0.2, -0.15) is 0 Å². The highest BCUT2D eigenvalue weighted by Crippen LogP contribution is 2.29. The highest BCUT2D eigenvalue weighted by molar-refractivity contribution is 5.42. The minimum atomic E-state index is 0.0857. The predicted octanol–water partition coefficient (Wildman–Crippen LogP) is 4.29. The van der Waals surface area contributed by atoms with Crippen LogP contribution in [0.2, 0.25) is 0 Å². The summed E-state index contributed by atoms with van der Waals surface area (Å²) in [6.07, 6.45) is 0.722. The van der Waals surface area contributed by atoms with E-state index in [4.69, 9.17) is 4.74 Å². The van der Waals surface area contributed by atoms with Crippen molar-refractivity contribution in [2.75, 3.05) is 7.11 Å². The Bertz CT molecular complexity index is 577. The van der Waals surface area contributed by atoms with E-state index < -0.39 is 0 Å². The quantitative estimate of drug-likeness (QED) is 0.901. The van der Waals surface area contributed by atoms with Crippen LogP contribution in [0, 0.1) is 0 Å². The number of hydrogen-bond donors (Lipinski definition) is 1. The van der Waals surface area contributed by atoms with Gasteiger partial charge in [-0.05, 0) is 40.3 Å². The molecule has 2 heteroatoms. The van der Waals surface area contributed by atoms with Crippen LogP contribution in [0.25, 0.3) is 0 Å². The molecule has 2 aromatic carbocycles. The van der Waals surface area contributed by atoms with Gasteiger partial charge in [0.05, 0.1) is 7.11 Å². The maximum Gasteiger partial charge on any atom is 0.119 e. The molecule has 0 saturated heterocycles. The standard InChI is InChI=1S/C18H22O2/c1-18(2,3)15-7-10-17(19)14(12-15)11-13-5-8-16(20-4)9-6-13/h5-10,12,19H,11H2,1-4H3. The van der Waals surface area contributed by atoms with E-state index in [9.17, 15) is 5.11 Å². The van der Waals surface area contributed by atoms with Crippen molar-refractivity contribution in [2.45, 2.75) is 32.6 Å². The van der Waals surface area contributed by atoms with Crippen LogP contribution in [0.4, 0.5) is 0 Å². The fraction of sp³-hybridized carbons (Fsp3) is 0.333. The molecule has 0 aliphatic rings. The summed E-state index contributed by atoms with van der Waals surface area (Å²) >= 11 is 0. The van der Waals surface area contributed by atoms with Gasteiger partial charge in [0.1, 0.15) is 11.5 Å². The lowest BCUT2D eigenvalue weighted by molar-refractivity contribution is 0.414. The average molecular weight is 270 g/mol. The highest BCUT2D eigenvalue weighted by Gasteiger charge is 2.15. The van der Waals surface area contributed by atoms with Crippen LogP contribution < -0.4 is 4.74 Å². The van der Waals surface area contributed by atoms with E-state index in [1.165, 1.54) is 5.56 Å². The van der Waals surface area contributed by atoms with Gasteiger partial charge in [0.15, 0.2) is 0 Å². The second-order valence-electron chi connectivity index (χ2n) is 6.12. The average Bonchev–Trinajstić information content (AvgIpc) is 2.41. The fourth-order valence-corrected chi connectivity index (χ4v) is 2.16. The lowest BCUT2D eigenvalue weighted by atomic mass is 9.85. The summed E-state index contributed by atoms with van der Waals surface area (Å²) in [5.41, 5.74) is 3.44. The predicted molar refractivity (Wildman–Crippen MR) is 82.6 cm³/mol. The zero-order chi connectivity index (χ0) is 14.8. The van der Waals surface area contributed by atoms with Gasteiger partial charge >= 0.3 is 0 Å². The van der Waals surface area contributed by atoms with Crippen molar-refractivity contribution in [1.29, 1.82) is 0 Å². The maximum absolute atomic E-state index is 10.0. The third kappa shape index (κ3) is 3.32. The monoisotopic (exact) mass is 270 g/mol. The third-order valence-electron chi connectivity index (χ3n) is 3.50. The molecule has 0 spiro atoms. The van der Waals surface area contributed by atoms with Gasteiger partial charge in [-0.1, -0.05) is 45.0 Å². The lowest BCUT2D eigenvalue weighted by Crippen LogP contribution is -2.11. The van der Waals surface area contributed by atoms with E-state index >= 15 is 0 Å². The minimum Gasteiger partial charge on any atom is -0.508 e. The first kappa shape index (κ1) is 14.4. The van der Waals surface area contributed by atoms with Gasteiger partial charge in [0, 0.05) is 6.42 Å². The molecule has 2 rings (SSSR count). The van der Waals surface area contributed by atoms with Gasteiger partial charge in [-0.25, -0.2) is 0 Å². The van der Waals surface area contributed by atoms with Crippen molar-refractivity contribution in [3.05, 3.63) is 59.2 Å². The van der Waals surface area contributed by atoms with E-state index in [0.717, 1.165) is 23.3 Å². The number of phenols is 1. The Kier molecular flexibility index (Phi) is 4.03. The number of aromatic hydroxyl groups is 1. The summed E-state index contributed by atoms with van der Waals surface area (Å²) in [7, 11) is 1.66. The van der Waals surface area contributed by atoms with E-state index in [1.807, 2.05) is 30.3 Å². The summed E-state index contributed by atoms with van der Waals surface area (Å²) in [4.78, 5) is 0. The molecule has 0 unspecified atom stereocenters. The van der Waals surface area contributed by atoms with Gasteiger partial charge in [-0.3, -0.25) is 0 Å². The van der Waals surface area contributed by atoms with Crippen molar-refractivity contribution in [3.63, 3.8) is 0 Å². The van der Waals surface area contributed by atoms with E-state index in [1.54, 1.807) is 13.2 Å². The molecule has 20 heavy (non-hydrogen) atoms. The summed E-state index contributed by atoms with van der Waals surface area (Å²) in [5.74, 6) is 1.20. The van der Waals surface area contributed by atoms with Crippen LogP contribution in [-0.2, 0) is 11.8 Å². The molecule has 0 aliphatic heterocycles. The van der Waals surface area contributed by atoms with Crippen LogP contribution in [-0.4, -0.2) is 12.2 Å². The van der Waals surface area contributed by atoms with E-state index in [0.29, 0.717) is 5.75 Å². The van der Waals surface area contributed by atoms with E-state index in [-0.39, 0.29) is 5.41 Å². The van der Waals surface area contributed by atoms with Crippen LogP contribution in [0.15, 0.2) is 42.5 Å². The van der Waals surface area contributed by atoms with Crippen molar-refractivity contribution in [3.8, 4) is 11.5 Å². The van der Waals surface area contributed by atoms with Crippen molar-refractivity contribution >= 4 is 0 Å². The number of methoxy groups -OCH3 is 1. The Morgan fingerprint density at radius 3 is 2.20 bits per heavy atom. The van der Waals surface area contributed by atoms with Gasteiger partial charge in [-0.15, -0.1) is 0 Å². The van der Waals surface area contributed by atoms with Crippen LogP contribution >= 0.6 is 0 Å². The Balaban J connectivity index is 2.27. The zero-order valence-electron chi connectivity index (χ0n) is 12.6. The number of hydrogen-bond acceptors (Lipinski definition) is 2. The molecule has 0 aromatic heterocycles. The molecular formula is C18H22O2. The molecule has 0 radical (unpaired) electrons. The van der Waals surface area contributed by atoms with Crippen molar-refractivity contribution < 1.29 is 9.84 Å². The molecule has 0 heterocycles. The Labute approximate surface area is 121 Å². The van der Waals surface area contributed by atoms with Crippen molar-refractivity contribution in [2.24, 2.45) is 0 Å². The number of ether oxygens (including phenoxy) is 1. The smallest absolute Gasteiger partial charge is 0.119 e. The maximum atomic E-state index is 10.0. The molecule has 0 aliphatic carbocycles. The molecule has 2 nitrogen and oxygen atoms in total. The van der Waals surface area contributed by atoms with Gasteiger partial charge in [0.2, 0.25) is 0 Å². The molecule has 0 atom stereocenters. The molecule has 1 N–H and O–H groups in total.